The van der Waals surface area contributed by atoms with Gasteiger partial charge < -0.3 is 19.0 Å². The highest BCUT2D eigenvalue weighted by Gasteiger charge is 2.31. The Morgan fingerprint density at radius 1 is 0.923 bits per heavy atom. The van der Waals surface area contributed by atoms with Gasteiger partial charge in [0.1, 0.15) is 29.2 Å². The maximum atomic E-state index is 13.0. The van der Waals surface area contributed by atoms with Crippen LogP contribution in [0.2, 0.25) is 0 Å². The predicted octanol–water partition coefficient (Wildman–Crippen LogP) is 4.09. The number of furan rings is 1. The standard InChI is InChI=1S/C29H32N6O4/c1-20-23(18-27(39-20)21-5-3-2-4-6-21)19-38-29(37)35-15-13-33(14-16-35)24-9-11-34(12-10-24)28(36)22-7-8-25-26(17-22)31-32-30-25/h2-8,17-18,24H,9-16,19H2,1H3,(H,30,31,32). The molecule has 0 unspecified atom stereocenters. The van der Waals surface area contributed by atoms with E-state index < -0.39 is 0 Å². The summed E-state index contributed by atoms with van der Waals surface area (Å²) in [6, 6.07) is 17.7. The molecule has 202 valence electrons. The second-order valence-corrected chi connectivity index (χ2v) is 10.2. The van der Waals surface area contributed by atoms with Gasteiger partial charge in [0, 0.05) is 62.0 Å². The highest BCUT2D eigenvalue weighted by Crippen LogP contribution is 2.26. The highest BCUT2D eigenvalue weighted by atomic mass is 16.6. The van der Waals surface area contributed by atoms with Crippen molar-refractivity contribution in [3.05, 3.63) is 71.5 Å². The lowest BCUT2D eigenvalue weighted by Crippen LogP contribution is -2.54. The zero-order valence-corrected chi connectivity index (χ0v) is 22.0. The number of H-pyrrole nitrogens is 1. The largest absolute Gasteiger partial charge is 0.461 e. The maximum Gasteiger partial charge on any atom is 0.410 e. The zero-order chi connectivity index (χ0) is 26.8. The molecule has 2 aliphatic heterocycles. The number of aromatic nitrogens is 3. The molecule has 10 heteroatoms. The molecule has 0 spiro atoms. The number of aryl methyl sites for hydroxylation is 1. The molecular weight excluding hydrogens is 496 g/mol. The number of fused-ring (bicyclic) bond motifs is 1. The van der Waals surface area contributed by atoms with E-state index in [1.807, 2.05) is 60.4 Å². The molecule has 2 aromatic carbocycles. The number of hydrogen-bond acceptors (Lipinski definition) is 7. The molecule has 2 aliphatic rings. The molecule has 2 saturated heterocycles. The van der Waals surface area contributed by atoms with Gasteiger partial charge in [-0.05, 0) is 44.0 Å². The first-order valence-corrected chi connectivity index (χ1v) is 13.5. The molecule has 0 aliphatic carbocycles. The van der Waals surface area contributed by atoms with Gasteiger partial charge in [0.05, 0.1) is 0 Å². The van der Waals surface area contributed by atoms with Gasteiger partial charge in [-0.15, -0.1) is 0 Å². The fraction of sp³-hybridized carbons (Fsp3) is 0.379. The van der Waals surface area contributed by atoms with E-state index >= 15 is 0 Å². The van der Waals surface area contributed by atoms with Crippen LogP contribution in [0.15, 0.2) is 59.0 Å². The van der Waals surface area contributed by atoms with Gasteiger partial charge in [0.2, 0.25) is 0 Å². The van der Waals surface area contributed by atoms with E-state index in [0.717, 1.165) is 67.2 Å². The van der Waals surface area contributed by atoms with Crippen molar-refractivity contribution < 1.29 is 18.7 Å². The van der Waals surface area contributed by atoms with Gasteiger partial charge in [-0.3, -0.25) is 9.69 Å². The van der Waals surface area contributed by atoms with Crippen LogP contribution in [0.25, 0.3) is 22.4 Å². The monoisotopic (exact) mass is 528 g/mol. The molecular formula is C29H32N6O4. The number of nitrogens with zero attached hydrogens (tertiary/aromatic N) is 5. The minimum absolute atomic E-state index is 0.0367. The second-order valence-electron chi connectivity index (χ2n) is 10.2. The van der Waals surface area contributed by atoms with Crippen LogP contribution in [0, 0.1) is 6.92 Å². The molecule has 0 radical (unpaired) electrons. The summed E-state index contributed by atoms with van der Waals surface area (Å²) in [5.74, 6) is 1.57. The van der Waals surface area contributed by atoms with Crippen LogP contribution in [0.3, 0.4) is 0 Å². The topological polar surface area (TPSA) is 108 Å². The molecule has 2 aromatic heterocycles. The van der Waals surface area contributed by atoms with Gasteiger partial charge in [-0.1, -0.05) is 30.3 Å². The lowest BCUT2D eigenvalue weighted by atomic mass is 10.0. The smallest absolute Gasteiger partial charge is 0.410 e. The van der Waals surface area contributed by atoms with Crippen LogP contribution >= 0.6 is 0 Å². The van der Waals surface area contributed by atoms with Crippen molar-refractivity contribution >= 4 is 23.0 Å². The molecule has 2 fully saturated rings. The van der Waals surface area contributed by atoms with Gasteiger partial charge in [-0.2, -0.15) is 15.4 Å². The molecule has 2 amide bonds. The Kier molecular flexibility index (Phi) is 7.02. The molecule has 6 rings (SSSR count). The number of nitrogens with one attached hydrogen (secondary N) is 1. The van der Waals surface area contributed by atoms with Gasteiger partial charge in [-0.25, -0.2) is 4.79 Å². The summed E-state index contributed by atoms with van der Waals surface area (Å²) < 4.78 is 11.5. The Hall–Kier alpha value is -4.18. The Labute approximate surface area is 226 Å². The predicted molar refractivity (Wildman–Crippen MR) is 145 cm³/mol. The van der Waals surface area contributed by atoms with E-state index in [-0.39, 0.29) is 18.6 Å². The van der Waals surface area contributed by atoms with Gasteiger partial charge in [0.25, 0.3) is 5.91 Å². The molecule has 1 N–H and O–H groups in total. The summed E-state index contributed by atoms with van der Waals surface area (Å²) in [5, 5.41) is 10.7. The van der Waals surface area contributed by atoms with E-state index in [2.05, 4.69) is 20.3 Å². The molecule has 4 aromatic rings. The van der Waals surface area contributed by atoms with Crippen molar-refractivity contribution in [2.75, 3.05) is 39.3 Å². The van der Waals surface area contributed by atoms with E-state index in [4.69, 9.17) is 9.15 Å². The number of piperazine rings is 1. The number of piperidine rings is 1. The lowest BCUT2D eigenvalue weighted by molar-refractivity contribution is 0.0393. The maximum absolute atomic E-state index is 13.0. The minimum Gasteiger partial charge on any atom is -0.461 e. The van der Waals surface area contributed by atoms with Crippen LogP contribution in [-0.2, 0) is 11.3 Å². The summed E-state index contributed by atoms with van der Waals surface area (Å²) in [6.45, 7) is 6.40. The first-order valence-electron chi connectivity index (χ1n) is 13.5. The Morgan fingerprint density at radius 2 is 1.67 bits per heavy atom. The Bertz CT molecular complexity index is 1450. The first kappa shape index (κ1) is 25.1. The molecule has 10 nitrogen and oxygen atoms in total. The molecule has 39 heavy (non-hydrogen) atoms. The first-order chi connectivity index (χ1) is 19.0. The molecule has 0 saturated carbocycles. The van der Waals surface area contributed by atoms with Crippen molar-refractivity contribution in [1.29, 1.82) is 0 Å². The van der Waals surface area contributed by atoms with E-state index in [9.17, 15) is 9.59 Å². The Balaban J connectivity index is 0.956. The third kappa shape index (κ3) is 5.37. The summed E-state index contributed by atoms with van der Waals surface area (Å²) in [7, 11) is 0. The second kappa shape index (κ2) is 10.9. The van der Waals surface area contributed by atoms with Crippen LogP contribution in [0.1, 0.15) is 34.5 Å². The number of carbonyl (C=O) groups is 2. The molecule has 0 atom stereocenters. The average Bonchev–Trinajstić information content (AvgIpc) is 3.62. The van der Waals surface area contributed by atoms with Crippen molar-refractivity contribution in [3.63, 3.8) is 0 Å². The quantitative estimate of drug-likeness (QED) is 0.416. The number of ether oxygens (including phenoxy) is 1. The van der Waals surface area contributed by atoms with E-state index in [1.54, 1.807) is 11.0 Å². The number of rotatable bonds is 5. The van der Waals surface area contributed by atoms with Crippen molar-refractivity contribution in [1.82, 2.24) is 30.1 Å². The molecule has 0 bridgehead atoms. The average molecular weight is 529 g/mol. The normalized spacial score (nSPS) is 17.1. The fourth-order valence-corrected chi connectivity index (χ4v) is 5.50. The summed E-state index contributed by atoms with van der Waals surface area (Å²) in [5.41, 5.74) is 3.97. The Morgan fingerprint density at radius 3 is 2.44 bits per heavy atom. The fourth-order valence-electron chi connectivity index (χ4n) is 5.50. The van der Waals surface area contributed by atoms with Crippen molar-refractivity contribution in [2.45, 2.75) is 32.4 Å². The van der Waals surface area contributed by atoms with Crippen LogP contribution in [0.5, 0.6) is 0 Å². The number of aromatic amines is 1. The third-order valence-electron chi connectivity index (χ3n) is 7.83. The van der Waals surface area contributed by atoms with E-state index in [0.29, 0.717) is 30.2 Å². The summed E-state index contributed by atoms with van der Waals surface area (Å²) in [6.07, 6.45) is 1.55. The van der Waals surface area contributed by atoms with Gasteiger partial charge >= 0.3 is 6.09 Å². The highest BCUT2D eigenvalue weighted by molar-refractivity contribution is 5.97. The van der Waals surface area contributed by atoms with Crippen LogP contribution in [-0.4, -0.2) is 87.4 Å². The SMILES string of the molecule is Cc1oc(-c2ccccc2)cc1COC(=O)N1CCN(C2CCN(C(=O)c3ccc4n[nH]nc4c3)CC2)CC1. The molecule has 4 heterocycles. The number of carbonyl (C=O) groups excluding carboxylic acids is 2. The number of benzene rings is 2. The van der Waals surface area contributed by atoms with Crippen LogP contribution in [0.4, 0.5) is 4.79 Å². The summed E-state index contributed by atoms with van der Waals surface area (Å²) in [4.78, 5) is 31.9. The zero-order valence-electron chi connectivity index (χ0n) is 22.0. The third-order valence-corrected chi connectivity index (χ3v) is 7.83. The van der Waals surface area contributed by atoms with Crippen LogP contribution < -0.4 is 0 Å². The van der Waals surface area contributed by atoms with Crippen molar-refractivity contribution in [3.8, 4) is 11.3 Å². The van der Waals surface area contributed by atoms with Gasteiger partial charge in [0.15, 0.2) is 0 Å². The summed E-state index contributed by atoms with van der Waals surface area (Å²) >= 11 is 0. The van der Waals surface area contributed by atoms with E-state index in [1.165, 1.54) is 0 Å². The number of likely N-dealkylation sites (tertiary alicyclic amines) is 1. The number of amides is 2. The minimum atomic E-state index is -0.291. The lowest BCUT2D eigenvalue weighted by Gasteiger charge is -2.42. The van der Waals surface area contributed by atoms with Crippen molar-refractivity contribution in [2.24, 2.45) is 0 Å². The number of hydrogen-bond donors (Lipinski definition) is 1.